The van der Waals surface area contributed by atoms with Crippen molar-refractivity contribution in [1.82, 2.24) is 10.6 Å². The van der Waals surface area contributed by atoms with Crippen LogP contribution in [0.15, 0.2) is 0 Å². The van der Waals surface area contributed by atoms with E-state index in [1.807, 2.05) is 0 Å². The van der Waals surface area contributed by atoms with Crippen molar-refractivity contribution in [3.05, 3.63) is 0 Å². The van der Waals surface area contributed by atoms with E-state index < -0.39 is 42.9 Å². The van der Waals surface area contributed by atoms with Crippen molar-refractivity contribution in [2.75, 3.05) is 6.54 Å². The molecule has 2 bridgehead atoms. The van der Waals surface area contributed by atoms with E-state index >= 15 is 0 Å². The maximum Gasteiger partial charge on any atom is 0.324 e. The molecule has 4 atom stereocenters. The predicted octanol–water partition coefficient (Wildman–Crippen LogP) is 1.69. The average molecular weight is 312 g/mol. The van der Waals surface area contributed by atoms with Crippen molar-refractivity contribution in [2.45, 2.75) is 37.7 Å². The number of carbonyl (C=O) groups excluding carboxylic acids is 1. The minimum atomic E-state index is -4.31. The molecule has 5 nitrogen and oxygen atoms in total. The van der Waals surface area contributed by atoms with Gasteiger partial charge in [0.2, 0.25) is 0 Å². The predicted molar refractivity (Wildman–Crippen MR) is 63.2 cm³/mol. The standard InChI is InChI=1S/C12H16F4N2O3/c13-10(14)12(15,16)4-17-11(21)18-8-6-2-1-5(3-6)7(8)9(19)20/h5-8,10H,1-4H2,(H,19,20)(H2,17,18,21). The minimum Gasteiger partial charge on any atom is -0.481 e. The van der Waals surface area contributed by atoms with Crippen LogP contribution in [0.25, 0.3) is 0 Å². The van der Waals surface area contributed by atoms with Crippen molar-refractivity contribution in [1.29, 1.82) is 0 Å². The largest absolute Gasteiger partial charge is 0.481 e. The lowest BCUT2D eigenvalue weighted by Crippen LogP contribution is -2.52. The van der Waals surface area contributed by atoms with Gasteiger partial charge >= 0.3 is 24.3 Å². The molecule has 2 saturated carbocycles. The smallest absolute Gasteiger partial charge is 0.324 e. The second kappa shape index (κ2) is 5.69. The highest BCUT2D eigenvalue weighted by atomic mass is 19.3. The monoisotopic (exact) mass is 312 g/mol. The molecular weight excluding hydrogens is 296 g/mol. The normalized spacial score (nSPS) is 31.5. The Balaban J connectivity index is 1.89. The zero-order valence-corrected chi connectivity index (χ0v) is 11.0. The number of carbonyl (C=O) groups is 2. The highest BCUT2D eigenvalue weighted by Crippen LogP contribution is 2.48. The highest BCUT2D eigenvalue weighted by Gasteiger charge is 2.51. The van der Waals surface area contributed by atoms with E-state index in [-0.39, 0.29) is 11.8 Å². The van der Waals surface area contributed by atoms with E-state index in [4.69, 9.17) is 5.11 Å². The lowest BCUT2D eigenvalue weighted by molar-refractivity contribution is -0.144. The third-order valence-corrected chi connectivity index (χ3v) is 4.30. The van der Waals surface area contributed by atoms with Gasteiger partial charge in [-0.25, -0.2) is 13.6 Å². The van der Waals surface area contributed by atoms with Crippen LogP contribution in [-0.2, 0) is 4.79 Å². The van der Waals surface area contributed by atoms with Gasteiger partial charge in [-0.15, -0.1) is 0 Å². The Hall–Kier alpha value is -1.54. The van der Waals surface area contributed by atoms with Gasteiger partial charge in [0.15, 0.2) is 0 Å². The number of fused-ring (bicyclic) bond motifs is 2. The molecule has 0 spiro atoms. The van der Waals surface area contributed by atoms with E-state index in [1.54, 1.807) is 5.32 Å². The molecule has 0 aromatic carbocycles. The Morgan fingerprint density at radius 1 is 1.24 bits per heavy atom. The fourth-order valence-corrected chi connectivity index (χ4v) is 3.33. The van der Waals surface area contributed by atoms with Gasteiger partial charge < -0.3 is 15.7 Å². The van der Waals surface area contributed by atoms with Crippen LogP contribution in [0.3, 0.4) is 0 Å². The van der Waals surface area contributed by atoms with Crippen LogP contribution in [0.2, 0.25) is 0 Å². The summed E-state index contributed by atoms with van der Waals surface area (Å²) in [4.78, 5) is 22.7. The molecule has 0 aliphatic heterocycles. The summed E-state index contributed by atoms with van der Waals surface area (Å²) in [6.07, 6.45) is -1.65. The third kappa shape index (κ3) is 3.21. The van der Waals surface area contributed by atoms with Crippen molar-refractivity contribution >= 4 is 12.0 Å². The summed E-state index contributed by atoms with van der Waals surface area (Å²) in [5, 5.41) is 13.2. The van der Waals surface area contributed by atoms with Gasteiger partial charge in [0.25, 0.3) is 0 Å². The number of alkyl halides is 4. The first kappa shape index (κ1) is 15.8. The summed E-state index contributed by atoms with van der Waals surface area (Å²) < 4.78 is 49.3. The number of halogens is 4. The van der Waals surface area contributed by atoms with Crippen molar-refractivity contribution in [2.24, 2.45) is 17.8 Å². The molecule has 9 heteroatoms. The number of carboxylic acid groups (broad SMARTS) is 1. The first-order valence-corrected chi connectivity index (χ1v) is 6.65. The van der Waals surface area contributed by atoms with Gasteiger partial charge in [0.05, 0.1) is 12.5 Å². The van der Waals surface area contributed by atoms with Crippen LogP contribution < -0.4 is 10.6 Å². The zero-order chi connectivity index (χ0) is 15.8. The number of nitrogens with one attached hydrogen (secondary N) is 2. The topological polar surface area (TPSA) is 78.4 Å². The lowest BCUT2D eigenvalue weighted by atomic mass is 9.84. The molecule has 120 valence electrons. The maximum atomic E-state index is 12.7. The number of hydrogen-bond acceptors (Lipinski definition) is 2. The zero-order valence-electron chi connectivity index (χ0n) is 11.0. The van der Waals surface area contributed by atoms with Crippen LogP contribution in [0, 0.1) is 17.8 Å². The Morgan fingerprint density at radius 3 is 2.43 bits per heavy atom. The summed E-state index contributed by atoms with van der Waals surface area (Å²) in [6, 6.07) is -1.68. The van der Waals surface area contributed by atoms with Gasteiger partial charge in [-0.1, -0.05) is 0 Å². The molecule has 4 unspecified atom stereocenters. The second-order valence-corrected chi connectivity index (χ2v) is 5.61. The van der Waals surface area contributed by atoms with E-state index in [9.17, 15) is 27.2 Å². The SMILES string of the molecule is O=C(NCC(F)(F)C(F)F)NC1C2CCC(C2)C1C(=O)O. The van der Waals surface area contributed by atoms with Gasteiger partial charge in [-0.3, -0.25) is 4.79 Å². The van der Waals surface area contributed by atoms with Crippen molar-refractivity contribution in [3.8, 4) is 0 Å². The van der Waals surface area contributed by atoms with Crippen LogP contribution in [0.5, 0.6) is 0 Å². The van der Waals surface area contributed by atoms with Crippen LogP contribution >= 0.6 is 0 Å². The number of rotatable bonds is 5. The fraction of sp³-hybridized carbons (Fsp3) is 0.833. The van der Waals surface area contributed by atoms with Crippen molar-refractivity contribution < 1.29 is 32.3 Å². The molecule has 21 heavy (non-hydrogen) atoms. The first-order valence-electron chi connectivity index (χ1n) is 6.65. The van der Waals surface area contributed by atoms with E-state index in [0.29, 0.717) is 6.42 Å². The average Bonchev–Trinajstić information content (AvgIpc) is 2.96. The molecule has 2 rings (SSSR count). The Bertz CT molecular complexity index is 433. The number of amides is 2. The van der Waals surface area contributed by atoms with Gasteiger partial charge in [0, 0.05) is 6.04 Å². The van der Waals surface area contributed by atoms with Crippen LogP contribution in [0.4, 0.5) is 22.4 Å². The summed E-state index contributed by atoms with van der Waals surface area (Å²) in [5.41, 5.74) is 0. The van der Waals surface area contributed by atoms with Crippen LogP contribution in [0.1, 0.15) is 19.3 Å². The number of hydrogen-bond donors (Lipinski definition) is 3. The molecule has 2 fully saturated rings. The molecule has 0 saturated heterocycles. The molecule has 0 aromatic rings. The lowest BCUT2D eigenvalue weighted by Gasteiger charge is -2.29. The molecule has 2 amide bonds. The summed E-state index contributed by atoms with van der Waals surface area (Å²) in [5.74, 6) is -6.12. The molecule has 0 radical (unpaired) electrons. The van der Waals surface area contributed by atoms with E-state index in [1.165, 1.54) is 0 Å². The molecule has 0 aromatic heterocycles. The number of urea groups is 1. The number of aliphatic carboxylic acids is 1. The Morgan fingerprint density at radius 2 is 1.86 bits per heavy atom. The summed E-state index contributed by atoms with van der Waals surface area (Å²) in [7, 11) is 0. The van der Waals surface area contributed by atoms with E-state index in [2.05, 4.69) is 5.32 Å². The van der Waals surface area contributed by atoms with Gasteiger partial charge in [-0.05, 0) is 31.1 Å². The molecular formula is C12H16F4N2O3. The summed E-state index contributed by atoms with van der Waals surface area (Å²) >= 11 is 0. The number of carboxylic acids is 1. The van der Waals surface area contributed by atoms with Crippen LogP contribution in [-0.4, -0.2) is 42.0 Å². The van der Waals surface area contributed by atoms with E-state index in [0.717, 1.165) is 12.8 Å². The maximum absolute atomic E-state index is 12.7. The van der Waals surface area contributed by atoms with Crippen molar-refractivity contribution in [3.63, 3.8) is 0 Å². The quantitative estimate of drug-likeness (QED) is 0.676. The fourth-order valence-electron chi connectivity index (χ4n) is 3.33. The molecule has 2 aliphatic rings. The highest BCUT2D eigenvalue weighted by molar-refractivity contribution is 5.77. The van der Waals surface area contributed by atoms with Gasteiger partial charge in [-0.2, -0.15) is 8.78 Å². The first-order chi connectivity index (χ1) is 9.72. The third-order valence-electron chi connectivity index (χ3n) is 4.30. The Labute approximate surface area is 118 Å². The molecule has 2 aliphatic carbocycles. The Kier molecular flexibility index (Phi) is 4.29. The summed E-state index contributed by atoms with van der Waals surface area (Å²) in [6.45, 7) is -1.49. The minimum absolute atomic E-state index is 0.00235. The van der Waals surface area contributed by atoms with Gasteiger partial charge in [0.1, 0.15) is 0 Å². The second-order valence-electron chi connectivity index (χ2n) is 5.61. The molecule has 0 heterocycles. The molecule has 3 N–H and O–H groups in total.